The Kier molecular flexibility index (Phi) is 8.72. The van der Waals surface area contributed by atoms with E-state index in [-0.39, 0.29) is 63.6 Å². The molecule has 38 heavy (non-hydrogen) atoms. The van der Waals surface area contributed by atoms with E-state index in [4.69, 9.17) is 15.0 Å². The summed E-state index contributed by atoms with van der Waals surface area (Å²) in [5, 5.41) is 28.3. The molecule has 0 bridgehead atoms. The van der Waals surface area contributed by atoms with Crippen LogP contribution in [0.3, 0.4) is 0 Å². The van der Waals surface area contributed by atoms with Crippen LogP contribution in [-0.4, -0.2) is 68.8 Å². The van der Waals surface area contributed by atoms with E-state index >= 15 is 0 Å². The number of hydrogen-bond donors (Lipinski definition) is 2. The van der Waals surface area contributed by atoms with Crippen molar-refractivity contribution in [1.82, 2.24) is 14.9 Å². The molecule has 1 fully saturated rings. The maximum absolute atomic E-state index is 13.0. The van der Waals surface area contributed by atoms with Crippen LogP contribution in [0.15, 0.2) is 60.0 Å². The van der Waals surface area contributed by atoms with Crippen molar-refractivity contribution in [3.63, 3.8) is 0 Å². The summed E-state index contributed by atoms with van der Waals surface area (Å²) in [6, 6.07) is 5.38. The smallest absolute Gasteiger partial charge is 0.857 e. The number of aliphatic carboxylic acids is 1. The van der Waals surface area contributed by atoms with Crippen molar-refractivity contribution < 1.29 is 63.0 Å². The van der Waals surface area contributed by atoms with Crippen molar-refractivity contribution >= 4 is 62.8 Å². The third-order valence-electron chi connectivity index (χ3n) is 5.59. The monoisotopic (exact) mass is 568 g/mol. The second-order valence-electron chi connectivity index (χ2n) is 7.85. The number of carboxylic acid groups (broad SMARTS) is 1. The molecule has 16 heteroatoms. The number of allylic oxidation sites excluding steroid dienone is 1. The number of carbonyl (C=O) groups is 2. The average Bonchev–Trinajstić information content (AvgIpc) is 3.50. The number of nitrogens with two attached hydrogens (primary N) is 1. The molecule has 1 saturated heterocycles. The molecule has 5 rings (SSSR count). The molecule has 4 heterocycles. The fourth-order valence-electron chi connectivity index (χ4n) is 4.01. The number of para-hydroxylation sites is 2. The summed E-state index contributed by atoms with van der Waals surface area (Å²) < 4.78 is 18.1. The Morgan fingerprint density at radius 1 is 1.39 bits per heavy atom. The van der Waals surface area contributed by atoms with Gasteiger partial charge in [0.1, 0.15) is 41.9 Å². The molecule has 0 aliphatic carbocycles. The van der Waals surface area contributed by atoms with E-state index in [1.54, 1.807) is 18.2 Å². The van der Waals surface area contributed by atoms with Crippen LogP contribution in [0.2, 0.25) is 0 Å². The molecule has 0 unspecified atom stereocenters. The van der Waals surface area contributed by atoms with E-state index in [1.165, 1.54) is 5.38 Å². The van der Waals surface area contributed by atoms with Gasteiger partial charge in [0.25, 0.3) is 11.1 Å². The predicted molar refractivity (Wildman–Crippen MR) is 131 cm³/mol. The summed E-state index contributed by atoms with van der Waals surface area (Å²) >= 11 is 2.10. The van der Waals surface area contributed by atoms with Gasteiger partial charge < -0.3 is 25.2 Å². The van der Waals surface area contributed by atoms with Crippen molar-refractivity contribution in [1.29, 1.82) is 0 Å². The number of thioether (sulfide) groups is 1. The van der Waals surface area contributed by atoms with E-state index in [1.807, 2.05) is 6.07 Å². The van der Waals surface area contributed by atoms with E-state index in [9.17, 15) is 24.2 Å². The Labute approximate surface area is 244 Å². The van der Waals surface area contributed by atoms with Crippen LogP contribution in [0.5, 0.6) is 0 Å². The summed E-state index contributed by atoms with van der Waals surface area (Å²) in [6.07, 6.45) is 0.671. The molecule has 2 aliphatic rings. The molecule has 2 aromatic heterocycles. The molecule has 0 spiro atoms. The van der Waals surface area contributed by atoms with Gasteiger partial charge in [-0.05, 0) is 36.7 Å². The number of fused-ring (bicyclic) bond motifs is 2. The van der Waals surface area contributed by atoms with Gasteiger partial charge in [-0.15, -0.1) is 11.3 Å². The first-order valence-electron chi connectivity index (χ1n) is 10.9. The number of aliphatic imine (C=N–C) groups is 1. The van der Waals surface area contributed by atoms with Crippen LogP contribution < -0.4 is 40.4 Å². The van der Waals surface area contributed by atoms with Crippen molar-refractivity contribution in [2.75, 3.05) is 19.0 Å². The zero-order valence-corrected chi connectivity index (χ0v) is 23.5. The number of halogens is 1. The Balaban J connectivity index is 0.00000336. The Hall–Kier alpha value is -2.98. The molecular weight excluding hydrogens is 550 g/mol. The minimum Gasteiger partial charge on any atom is -0.857 e. The number of amides is 1. The van der Waals surface area contributed by atoms with Crippen molar-refractivity contribution in [3.05, 3.63) is 45.9 Å². The topological polar surface area (TPSA) is 180 Å². The number of oxime groups is 1. The molecule has 3 aromatic rings. The van der Waals surface area contributed by atoms with E-state index < -0.39 is 36.5 Å². The van der Waals surface area contributed by atoms with Gasteiger partial charge >= 0.3 is 35.5 Å². The second kappa shape index (κ2) is 11.8. The molecule has 1 amide bonds. The third-order valence-corrected chi connectivity index (χ3v) is 7.26. The van der Waals surface area contributed by atoms with Crippen LogP contribution >= 0.6 is 23.1 Å². The largest absolute Gasteiger partial charge is 1.00 e. The molecule has 192 valence electrons. The number of benzene rings is 1. The fraction of sp³-hybridized carbons (Fsp3) is 0.273. The van der Waals surface area contributed by atoms with Gasteiger partial charge in [0.05, 0.1) is 6.04 Å². The maximum atomic E-state index is 13.0. The minimum absolute atomic E-state index is 0. The normalized spacial score (nSPS) is 19.7. The summed E-state index contributed by atoms with van der Waals surface area (Å²) in [5.41, 5.74) is 6.37. The number of hydrogen-bond acceptors (Lipinski definition) is 12. The van der Waals surface area contributed by atoms with Gasteiger partial charge in [0.15, 0.2) is 10.7 Å². The predicted octanol–water partition coefficient (Wildman–Crippen LogP) is -1.22. The first-order valence-corrected chi connectivity index (χ1v) is 12.6. The number of alkyl halides is 1. The molecular formula is C22H18FN6NaO6S2. The molecule has 2 aliphatic heterocycles. The molecule has 0 saturated carbocycles. The quantitative estimate of drug-likeness (QED) is 0.0794. The molecule has 12 nitrogen and oxygen atoms in total. The van der Waals surface area contributed by atoms with Gasteiger partial charge in [0.2, 0.25) is 0 Å². The molecule has 0 radical (unpaired) electrons. The number of nitrogens with zero attached hydrogens (tertiary/aromatic N) is 5. The van der Waals surface area contributed by atoms with Crippen molar-refractivity contribution in [3.8, 4) is 0 Å². The van der Waals surface area contributed by atoms with Crippen LogP contribution in [0, 0.1) is 0 Å². The van der Waals surface area contributed by atoms with Crippen LogP contribution in [0.4, 0.5) is 9.52 Å². The van der Waals surface area contributed by atoms with E-state index in [0.29, 0.717) is 28.8 Å². The van der Waals surface area contributed by atoms with Gasteiger partial charge in [-0.3, -0.25) is 14.7 Å². The SMILES string of the molecule is Nc1nc(/C(=N\OCCF)C([O-])=N[C@@H]2C(=O)N3C(C(=O)O)=C(Sc4nc5ccccc5o4)CC[C@H]23)cs1.[Na+]. The zero-order chi connectivity index (χ0) is 26.1. The van der Waals surface area contributed by atoms with Gasteiger partial charge in [0, 0.05) is 16.2 Å². The first-order chi connectivity index (χ1) is 17.9. The second-order valence-corrected chi connectivity index (χ2v) is 9.79. The fourth-order valence-corrected chi connectivity index (χ4v) is 5.55. The van der Waals surface area contributed by atoms with E-state index in [0.717, 1.165) is 28.0 Å². The van der Waals surface area contributed by atoms with Gasteiger partial charge in [-0.2, -0.15) is 0 Å². The summed E-state index contributed by atoms with van der Waals surface area (Å²) in [7, 11) is 0. The van der Waals surface area contributed by atoms with Crippen LogP contribution in [0.25, 0.3) is 11.1 Å². The van der Waals surface area contributed by atoms with E-state index in [2.05, 4.69) is 20.1 Å². The molecule has 2 atom stereocenters. The maximum Gasteiger partial charge on any atom is 1.00 e. The number of carboxylic acids is 1. The van der Waals surface area contributed by atoms with Gasteiger partial charge in [-0.25, -0.2) is 19.2 Å². The Morgan fingerprint density at radius 3 is 2.87 bits per heavy atom. The summed E-state index contributed by atoms with van der Waals surface area (Å²) in [4.78, 5) is 43.8. The average molecular weight is 569 g/mol. The number of rotatable bonds is 9. The van der Waals surface area contributed by atoms with Crippen LogP contribution in [0.1, 0.15) is 18.5 Å². The van der Waals surface area contributed by atoms with Crippen molar-refractivity contribution in [2.45, 2.75) is 30.1 Å². The number of thiazole rings is 1. The zero-order valence-electron chi connectivity index (χ0n) is 19.9. The first kappa shape index (κ1) is 28.0. The van der Waals surface area contributed by atoms with Crippen LogP contribution in [-0.2, 0) is 14.4 Å². The number of aromatic nitrogens is 2. The number of anilines is 1. The standard InChI is InChI=1S/C22H19FN6O6S2.Na/c23-7-8-34-28-15(11-9-36-21(24)25-11)18(30)27-16-12-5-6-14(17(20(32)33)29(12)19(16)31)37-22-26-10-3-1-2-4-13(10)35-22;/h1-4,9,12,16H,5-8H2,(H2,24,25)(H,27,30)(H,32,33);/q;+1/p-1/b28-15+;/t12-,16+;/m1./s1. The Morgan fingerprint density at radius 2 is 2.18 bits per heavy atom. The number of nitrogen functional groups attached to an aromatic ring is 1. The Bertz CT molecular complexity index is 1440. The molecule has 3 N–H and O–H groups in total. The summed E-state index contributed by atoms with van der Waals surface area (Å²) in [6.45, 7) is -1.21. The number of oxazole rings is 1. The number of carbonyl (C=O) groups excluding carboxylic acids is 1. The minimum atomic E-state index is -1.29. The number of β-lactam (4-membered cyclic amide) rings is 1. The third kappa shape index (κ3) is 5.42. The summed E-state index contributed by atoms with van der Waals surface area (Å²) in [5.74, 6) is -2.84. The van der Waals surface area contributed by atoms with Crippen molar-refractivity contribution in [2.24, 2.45) is 10.1 Å². The molecule has 1 aromatic carbocycles. The van der Waals surface area contributed by atoms with Gasteiger partial charge in [-0.1, -0.05) is 17.3 Å².